The molecule has 0 spiro atoms. The Balaban J connectivity index is 1.28. The largest absolute Gasteiger partial charge is 0.454 e. The zero-order valence-electron chi connectivity index (χ0n) is 14.7. The molecule has 1 aliphatic heterocycles. The van der Waals surface area contributed by atoms with E-state index in [1.165, 1.54) is 25.3 Å². The normalized spacial score (nSPS) is 16.0. The fourth-order valence-electron chi connectivity index (χ4n) is 3.35. The second-order valence-electron chi connectivity index (χ2n) is 6.92. The maximum absolute atomic E-state index is 12.2. The molecule has 2 aliphatic rings. The molecule has 1 aromatic heterocycles. The fourth-order valence-corrected chi connectivity index (χ4v) is 3.35. The first-order chi connectivity index (χ1) is 13.2. The van der Waals surface area contributed by atoms with Crippen molar-refractivity contribution in [3.8, 4) is 11.5 Å². The molecule has 1 amide bonds. The molecule has 1 fully saturated rings. The van der Waals surface area contributed by atoms with Crippen LogP contribution in [0.5, 0.6) is 11.5 Å². The molecule has 0 atom stereocenters. The number of aromatic nitrogens is 2. The Morgan fingerprint density at radius 3 is 2.89 bits per heavy atom. The molecule has 6 heteroatoms. The summed E-state index contributed by atoms with van der Waals surface area (Å²) >= 11 is 0. The quantitative estimate of drug-likeness (QED) is 0.683. The molecule has 5 rings (SSSR count). The van der Waals surface area contributed by atoms with Gasteiger partial charge in [0.05, 0.1) is 11.0 Å². The lowest BCUT2D eigenvalue weighted by Gasteiger charge is -2.22. The van der Waals surface area contributed by atoms with Gasteiger partial charge in [-0.15, -0.1) is 0 Å². The van der Waals surface area contributed by atoms with Gasteiger partial charge in [-0.3, -0.25) is 4.79 Å². The number of imidazole rings is 1. The molecule has 2 heterocycles. The summed E-state index contributed by atoms with van der Waals surface area (Å²) in [7, 11) is 0. The molecule has 6 nitrogen and oxygen atoms in total. The van der Waals surface area contributed by atoms with Gasteiger partial charge >= 0.3 is 0 Å². The smallest absolute Gasteiger partial charge is 0.248 e. The van der Waals surface area contributed by atoms with Crippen molar-refractivity contribution in [2.75, 3.05) is 12.1 Å². The van der Waals surface area contributed by atoms with Crippen molar-refractivity contribution in [1.82, 2.24) is 9.97 Å². The summed E-state index contributed by atoms with van der Waals surface area (Å²) in [6, 6.07) is 11.3. The molecule has 136 valence electrons. The average Bonchev–Trinajstić information content (AvgIpc) is 3.24. The van der Waals surface area contributed by atoms with E-state index in [2.05, 4.69) is 15.3 Å². The minimum absolute atomic E-state index is 0.189. The fraction of sp³-hybridized carbons (Fsp3) is 0.238. The Morgan fingerprint density at radius 1 is 1.15 bits per heavy atom. The van der Waals surface area contributed by atoms with Crippen LogP contribution >= 0.6 is 0 Å². The van der Waals surface area contributed by atoms with Gasteiger partial charge in [0.25, 0.3) is 0 Å². The second kappa shape index (κ2) is 6.46. The van der Waals surface area contributed by atoms with Gasteiger partial charge in [0.15, 0.2) is 11.5 Å². The first-order valence-electron chi connectivity index (χ1n) is 9.13. The van der Waals surface area contributed by atoms with Gasteiger partial charge in [-0.1, -0.05) is 12.5 Å². The van der Waals surface area contributed by atoms with Crippen LogP contribution in [0.25, 0.3) is 17.1 Å². The Bertz CT molecular complexity index is 1050. The maximum Gasteiger partial charge on any atom is 0.248 e. The van der Waals surface area contributed by atoms with Crippen molar-refractivity contribution in [2.24, 2.45) is 0 Å². The first kappa shape index (κ1) is 15.9. The van der Waals surface area contributed by atoms with Crippen molar-refractivity contribution in [1.29, 1.82) is 0 Å². The molecular weight excluding hydrogens is 342 g/mol. The summed E-state index contributed by atoms with van der Waals surface area (Å²) in [5.41, 5.74) is 3.51. The molecule has 3 aromatic rings. The number of rotatable bonds is 4. The molecule has 0 saturated heterocycles. The summed E-state index contributed by atoms with van der Waals surface area (Å²) in [4.78, 5) is 20.3. The van der Waals surface area contributed by atoms with Crippen molar-refractivity contribution < 1.29 is 14.3 Å². The highest BCUT2D eigenvalue weighted by Gasteiger charge is 2.22. The van der Waals surface area contributed by atoms with Crippen LogP contribution in [0, 0.1) is 0 Å². The number of nitrogens with zero attached hydrogens (tertiary/aromatic N) is 1. The van der Waals surface area contributed by atoms with Crippen LogP contribution in [-0.2, 0) is 4.79 Å². The molecule has 0 bridgehead atoms. The average molecular weight is 361 g/mol. The number of nitrogens with one attached hydrogen (secondary N) is 2. The monoisotopic (exact) mass is 361 g/mol. The van der Waals surface area contributed by atoms with Gasteiger partial charge in [0.1, 0.15) is 5.82 Å². The molecule has 27 heavy (non-hydrogen) atoms. The number of carbonyl (C=O) groups is 1. The highest BCUT2D eigenvalue weighted by molar-refractivity contribution is 6.02. The molecule has 2 aromatic carbocycles. The predicted molar refractivity (Wildman–Crippen MR) is 103 cm³/mol. The highest BCUT2D eigenvalue weighted by Crippen LogP contribution is 2.36. The number of benzene rings is 2. The van der Waals surface area contributed by atoms with E-state index in [1.54, 1.807) is 6.08 Å². The summed E-state index contributed by atoms with van der Waals surface area (Å²) < 4.78 is 10.6. The third-order valence-corrected chi connectivity index (χ3v) is 5.08. The Hall–Kier alpha value is -3.28. The highest BCUT2D eigenvalue weighted by atomic mass is 16.7. The van der Waals surface area contributed by atoms with E-state index < -0.39 is 0 Å². The lowest BCUT2D eigenvalue weighted by Crippen LogP contribution is -2.10. The van der Waals surface area contributed by atoms with E-state index >= 15 is 0 Å². The van der Waals surface area contributed by atoms with Crippen molar-refractivity contribution >= 4 is 28.7 Å². The third kappa shape index (κ3) is 3.14. The number of aromatic amines is 1. The lowest BCUT2D eigenvalue weighted by atomic mass is 9.85. The SMILES string of the molecule is O=C(/C=C\c1ccc2c(c1)OCO2)Nc1ccc2nc(C3CCC3)[nH]c2c1. The van der Waals surface area contributed by atoms with Gasteiger partial charge < -0.3 is 19.8 Å². The minimum atomic E-state index is -0.189. The topological polar surface area (TPSA) is 76.2 Å². The predicted octanol–water partition coefficient (Wildman–Crippen LogP) is 4.21. The van der Waals surface area contributed by atoms with Gasteiger partial charge in [0.2, 0.25) is 12.7 Å². The number of H-pyrrole nitrogens is 1. The number of ether oxygens (including phenoxy) is 2. The van der Waals surface area contributed by atoms with E-state index in [-0.39, 0.29) is 12.7 Å². The van der Waals surface area contributed by atoms with Crippen LogP contribution in [0.2, 0.25) is 0 Å². The van der Waals surface area contributed by atoms with E-state index in [1.807, 2.05) is 36.4 Å². The summed E-state index contributed by atoms with van der Waals surface area (Å²) in [5.74, 6) is 2.85. The Kier molecular flexibility index (Phi) is 3.81. The molecule has 1 aliphatic carbocycles. The maximum atomic E-state index is 12.2. The van der Waals surface area contributed by atoms with Crippen molar-refractivity contribution in [3.63, 3.8) is 0 Å². The minimum Gasteiger partial charge on any atom is -0.454 e. The number of hydrogen-bond acceptors (Lipinski definition) is 4. The number of hydrogen-bond donors (Lipinski definition) is 2. The summed E-state index contributed by atoms with van der Waals surface area (Å²) in [6.07, 6.45) is 6.94. The summed E-state index contributed by atoms with van der Waals surface area (Å²) in [6.45, 7) is 0.238. The van der Waals surface area contributed by atoms with Gasteiger partial charge in [0, 0.05) is 17.7 Å². The lowest BCUT2D eigenvalue weighted by molar-refractivity contribution is -0.111. The molecule has 0 radical (unpaired) electrons. The molecule has 1 saturated carbocycles. The molecular formula is C21H19N3O3. The van der Waals surface area contributed by atoms with Crippen LogP contribution in [0.4, 0.5) is 5.69 Å². The number of amides is 1. The van der Waals surface area contributed by atoms with Gasteiger partial charge in [-0.2, -0.15) is 0 Å². The van der Waals surface area contributed by atoms with Crippen LogP contribution in [0.3, 0.4) is 0 Å². The van der Waals surface area contributed by atoms with Crippen molar-refractivity contribution in [2.45, 2.75) is 25.2 Å². The van der Waals surface area contributed by atoms with E-state index in [0.29, 0.717) is 11.7 Å². The summed E-state index contributed by atoms with van der Waals surface area (Å²) in [5, 5.41) is 2.89. The number of fused-ring (bicyclic) bond motifs is 2. The third-order valence-electron chi connectivity index (χ3n) is 5.08. The molecule has 0 unspecified atom stereocenters. The standard InChI is InChI=1S/C21H19N3O3/c25-20(9-5-13-4-8-18-19(10-13)27-12-26-18)22-15-6-7-16-17(11-15)24-21(23-16)14-2-1-3-14/h4-11,14H,1-3,12H2,(H,22,25)(H,23,24)/b9-5-. The first-order valence-corrected chi connectivity index (χ1v) is 9.13. The van der Waals surface area contributed by atoms with E-state index in [0.717, 1.165) is 33.9 Å². The number of anilines is 1. The number of carbonyl (C=O) groups excluding carboxylic acids is 1. The Morgan fingerprint density at radius 2 is 2.04 bits per heavy atom. The Labute approximate surface area is 156 Å². The van der Waals surface area contributed by atoms with Crippen LogP contribution in [0.1, 0.15) is 36.6 Å². The van der Waals surface area contributed by atoms with Gasteiger partial charge in [-0.25, -0.2) is 4.98 Å². The second-order valence-corrected chi connectivity index (χ2v) is 6.92. The van der Waals surface area contributed by atoms with Crippen LogP contribution in [-0.4, -0.2) is 22.7 Å². The van der Waals surface area contributed by atoms with Gasteiger partial charge in [-0.05, 0) is 54.8 Å². The van der Waals surface area contributed by atoms with E-state index in [9.17, 15) is 4.79 Å². The van der Waals surface area contributed by atoms with Crippen LogP contribution in [0.15, 0.2) is 42.5 Å². The molecule has 2 N–H and O–H groups in total. The van der Waals surface area contributed by atoms with Crippen LogP contribution < -0.4 is 14.8 Å². The van der Waals surface area contributed by atoms with E-state index in [4.69, 9.17) is 9.47 Å². The van der Waals surface area contributed by atoms with Crippen molar-refractivity contribution in [3.05, 3.63) is 53.9 Å². The zero-order chi connectivity index (χ0) is 18.2. The zero-order valence-corrected chi connectivity index (χ0v) is 14.7.